The van der Waals surface area contributed by atoms with E-state index in [9.17, 15) is 9.59 Å². The molecular weight excluding hydrogens is 388 g/mol. The molecule has 5 nitrogen and oxygen atoms in total. The van der Waals surface area contributed by atoms with Crippen LogP contribution in [0.2, 0.25) is 0 Å². The van der Waals surface area contributed by atoms with Gasteiger partial charge in [-0.15, -0.1) is 0 Å². The molecule has 2 aromatic rings. The van der Waals surface area contributed by atoms with Gasteiger partial charge in [0.05, 0.1) is 6.61 Å². The minimum Gasteiger partial charge on any atom is -0.494 e. The largest absolute Gasteiger partial charge is 0.494 e. The van der Waals surface area contributed by atoms with Gasteiger partial charge in [-0.3, -0.25) is 9.59 Å². The highest BCUT2D eigenvalue weighted by Gasteiger charge is 2.27. The minimum absolute atomic E-state index is 0.0278. The summed E-state index contributed by atoms with van der Waals surface area (Å²) >= 11 is 0. The van der Waals surface area contributed by atoms with Gasteiger partial charge in [-0.05, 0) is 65.2 Å². The number of nitrogens with one attached hydrogen (secondary N) is 1. The fourth-order valence-electron chi connectivity index (χ4n) is 3.24. The Balaban J connectivity index is 1.95. The summed E-state index contributed by atoms with van der Waals surface area (Å²) in [4.78, 5) is 27.4. The molecular formula is C26H36N2O3. The Morgan fingerprint density at radius 2 is 1.68 bits per heavy atom. The van der Waals surface area contributed by atoms with Crippen LogP contribution in [0.4, 0.5) is 0 Å². The van der Waals surface area contributed by atoms with Gasteiger partial charge < -0.3 is 15.0 Å². The van der Waals surface area contributed by atoms with Crippen molar-refractivity contribution >= 4 is 11.8 Å². The van der Waals surface area contributed by atoms with Crippen molar-refractivity contribution in [2.24, 2.45) is 0 Å². The van der Waals surface area contributed by atoms with E-state index in [1.807, 2.05) is 82.3 Å². The lowest BCUT2D eigenvalue weighted by molar-refractivity contribution is -0.140. The molecule has 1 atom stereocenters. The van der Waals surface area contributed by atoms with Crippen molar-refractivity contribution in [1.29, 1.82) is 0 Å². The zero-order valence-corrected chi connectivity index (χ0v) is 19.5. The summed E-state index contributed by atoms with van der Waals surface area (Å²) in [6.07, 6.45) is 1.65. The van der Waals surface area contributed by atoms with Crippen molar-refractivity contribution in [3.8, 4) is 5.75 Å². The molecule has 0 saturated heterocycles. The molecule has 0 unspecified atom stereocenters. The van der Waals surface area contributed by atoms with Crippen molar-refractivity contribution in [3.63, 3.8) is 0 Å². The average Bonchev–Trinajstić information content (AvgIpc) is 2.72. The van der Waals surface area contributed by atoms with Crippen LogP contribution in [0.3, 0.4) is 0 Å². The van der Waals surface area contributed by atoms with Crippen LogP contribution in [0.25, 0.3) is 0 Å². The zero-order chi connectivity index (χ0) is 22.9. The standard InChI is InChI=1S/C26H36N2O3/c1-20-13-15-23(16-14-20)31-19-9-12-24(29)28(18-17-22-10-7-6-8-11-22)21(2)25(30)27-26(3,4)5/h6-8,10-11,13-16,21H,9,12,17-19H2,1-5H3,(H,27,30)/t21-/m1/s1. The maximum atomic E-state index is 13.0. The lowest BCUT2D eigenvalue weighted by Crippen LogP contribution is -2.53. The molecule has 2 rings (SSSR count). The number of hydrogen-bond donors (Lipinski definition) is 1. The predicted octanol–water partition coefficient (Wildman–Crippen LogP) is 4.53. The Bertz CT molecular complexity index is 826. The Morgan fingerprint density at radius 3 is 2.29 bits per heavy atom. The summed E-state index contributed by atoms with van der Waals surface area (Å²) in [5.74, 6) is 0.640. The quantitative estimate of drug-likeness (QED) is 0.570. The average molecular weight is 425 g/mol. The van der Waals surface area contributed by atoms with Gasteiger partial charge in [0.15, 0.2) is 0 Å². The molecule has 2 amide bonds. The highest BCUT2D eigenvalue weighted by atomic mass is 16.5. The summed E-state index contributed by atoms with van der Waals surface area (Å²) < 4.78 is 5.74. The Labute approximate surface area is 186 Å². The van der Waals surface area contributed by atoms with Crippen molar-refractivity contribution in [3.05, 3.63) is 65.7 Å². The van der Waals surface area contributed by atoms with E-state index in [-0.39, 0.29) is 17.4 Å². The van der Waals surface area contributed by atoms with Gasteiger partial charge in [0.2, 0.25) is 11.8 Å². The van der Waals surface area contributed by atoms with E-state index in [2.05, 4.69) is 5.32 Å². The number of ether oxygens (including phenoxy) is 1. The maximum absolute atomic E-state index is 13.0. The van der Waals surface area contributed by atoms with Gasteiger partial charge >= 0.3 is 0 Å². The second kappa shape index (κ2) is 11.5. The van der Waals surface area contributed by atoms with Crippen LogP contribution in [0.5, 0.6) is 5.75 Å². The van der Waals surface area contributed by atoms with E-state index < -0.39 is 6.04 Å². The second-order valence-corrected chi connectivity index (χ2v) is 9.00. The minimum atomic E-state index is -0.534. The predicted molar refractivity (Wildman–Crippen MR) is 125 cm³/mol. The molecule has 1 N–H and O–H groups in total. The lowest BCUT2D eigenvalue weighted by Gasteiger charge is -2.31. The van der Waals surface area contributed by atoms with Gasteiger partial charge in [-0.25, -0.2) is 0 Å². The first kappa shape index (κ1) is 24.4. The van der Waals surface area contributed by atoms with Crippen molar-refractivity contribution in [1.82, 2.24) is 10.2 Å². The van der Waals surface area contributed by atoms with Gasteiger partial charge in [-0.1, -0.05) is 48.0 Å². The van der Waals surface area contributed by atoms with Crippen LogP contribution in [0.15, 0.2) is 54.6 Å². The number of carbonyl (C=O) groups excluding carboxylic acids is 2. The monoisotopic (exact) mass is 424 g/mol. The topological polar surface area (TPSA) is 58.6 Å². The van der Waals surface area contributed by atoms with Crippen LogP contribution < -0.4 is 10.1 Å². The highest BCUT2D eigenvalue weighted by Crippen LogP contribution is 2.13. The first-order valence-corrected chi connectivity index (χ1v) is 11.0. The summed E-state index contributed by atoms with van der Waals surface area (Å²) in [5.41, 5.74) is 1.98. The third-order valence-electron chi connectivity index (χ3n) is 4.97. The SMILES string of the molecule is Cc1ccc(OCCCC(=O)N(CCc2ccccc2)[C@H](C)C(=O)NC(C)(C)C)cc1. The van der Waals surface area contributed by atoms with Gasteiger partial charge in [0, 0.05) is 18.5 Å². The van der Waals surface area contributed by atoms with Crippen LogP contribution in [-0.4, -0.2) is 41.4 Å². The summed E-state index contributed by atoms with van der Waals surface area (Å²) in [6, 6.07) is 17.4. The smallest absolute Gasteiger partial charge is 0.242 e. The Morgan fingerprint density at radius 1 is 1.03 bits per heavy atom. The van der Waals surface area contributed by atoms with E-state index in [0.29, 0.717) is 32.4 Å². The Hall–Kier alpha value is -2.82. The number of benzene rings is 2. The van der Waals surface area contributed by atoms with E-state index in [4.69, 9.17) is 4.74 Å². The summed E-state index contributed by atoms with van der Waals surface area (Å²) in [5, 5.41) is 2.99. The van der Waals surface area contributed by atoms with Gasteiger partial charge in [0.25, 0.3) is 0 Å². The van der Waals surface area contributed by atoms with Gasteiger partial charge in [-0.2, -0.15) is 0 Å². The molecule has 0 fully saturated rings. The fourth-order valence-corrected chi connectivity index (χ4v) is 3.24. The van der Waals surface area contributed by atoms with E-state index >= 15 is 0 Å². The van der Waals surface area contributed by atoms with Crippen LogP contribution in [0, 0.1) is 6.92 Å². The second-order valence-electron chi connectivity index (χ2n) is 9.00. The van der Waals surface area contributed by atoms with Crippen molar-refractivity contribution < 1.29 is 14.3 Å². The number of rotatable bonds is 10. The third kappa shape index (κ3) is 8.83. The Kier molecular flexibility index (Phi) is 9.10. The number of hydrogen-bond acceptors (Lipinski definition) is 3. The third-order valence-corrected chi connectivity index (χ3v) is 4.97. The van der Waals surface area contributed by atoms with Crippen molar-refractivity contribution in [2.75, 3.05) is 13.2 Å². The number of amides is 2. The first-order chi connectivity index (χ1) is 14.7. The summed E-state index contributed by atoms with van der Waals surface area (Å²) in [6.45, 7) is 10.6. The molecule has 0 bridgehead atoms. The van der Waals surface area contributed by atoms with Crippen molar-refractivity contribution in [2.45, 2.75) is 65.5 Å². The molecule has 0 spiro atoms. The van der Waals surface area contributed by atoms with Gasteiger partial charge in [0.1, 0.15) is 11.8 Å². The maximum Gasteiger partial charge on any atom is 0.242 e. The highest BCUT2D eigenvalue weighted by molar-refractivity contribution is 5.87. The summed E-state index contributed by atoms with van der Waals surface area (Å²) in [7, 11) is 0. The number of aryl methyl sites for hydroxylation is 1. The lowest BCUT2D eigenvalue weighted by atomic mass is 10.1. The molecule has 0 aliphatic rings. The molecule has 2 aromatic carbocycles. The molecule has 0 saturated carbocycles. The molecule has 5 heteroatoms. The molecule has 31 heavy (non-hydrogen) atoms. The molecule has 0 radical (unpaired) electrons. The van der Waals surface area contributed by atoms with Crippen LogP contribution in [0.1, 0.15) is 51.7 Å². The zero-order valence-electron chi connectivity index (χ0n) is 19.5. The van der Waals surface area contributed by atoms with E-state index in [0.717, 1.165) is 11.3 Å². The molecule has 0 aliphatic carbocycles. The molecule has 0 heterocycles. The first-order valence-electron chi connectivity index (χ1n) is 11.0. The number of carbonyl (C=O) groups is 2. The molecule has 0 aromatic heterocycles. The molecule has 168 valence electrons. The normalized spacial score (nSPS) is 12.2. The van der Waals surface area contributed by atoms with Crippen LogP contribution >= 0.6 is 0 Å². The van der Waals surface area contributed by atoms with E-state index in [1.165, 1.54) is 5.56 Å². The number of nitrogens with zero attached hydrogens (tertiary/aromatic N) is 1. The van der Waals surface area contributed by atoms with Crippen LogP contribution in [-0.2, 0) is 16.0 Å². The fraction of sp³-hybridized carbons (Fsp3) is 0.462. The van der Waals surface area contributed by atoms with E-state index in [1.54, 1.807) is 11.8 Å². The molecule has 0 aliphatic heterocycles.